The summed E-state index contributed by atoms with van der Waals surface area (Å²) in [6, 6.07) is 7.32. The summed E-state index contributed by atoms with van der Waals surface area (Å²) in [5.41, 5.74) is 0.587. The Morgan fingerprint density at radius 1 is 1.13 bits per heavy atom. The van der Waals surface area contributed by atoms with Gasteiger partial charge < -0.3 is 4.90 Å². The van der Waals surface area contributed by atoms with E-state index < -0.39 is 17.5 Å². The van der Waals surface area contributed by atoms with Gasteiger partial charge in [0.2, 0.25) is 0 Å². The van der Waals surface area contributed by atoms with Crippen molar-refractivity contribution >= 4 is 17.5 Å². The Bertz CT molecular complexity index is 765. The SMILES string of the molecule is O=C(c1cc(F)c(F)cc1Cl)N1CCCC1c1cccc(F)c1. The van der Waals surface area contributed by atoms with E-state index >= 15 is 0 Å². The monoisotopic (exact) mass is 339 g/mol. The Kier molecular flexibility index (Phi) is 4.31. The van der Waals surface area contributed by atoms with E-state index in [1.165, 1.54) is 17.0 Å². The summed E-state index contributed by atoms with van der Waals surface area (Å²) in [6.45, 7) is 0.454. The van der Waals surface area contributed by atoms with E-state index in [4.69, 9.17) is 11.6 Å². The normalized spacial score (nSPS) is 17.6. The molecule has 1 fully saturated rings. The van der Waals surface area contributed by atoms with Gasteiger partial charge in [0.25, 0.3) is 5.91 Å². The van der Waals surface area contributed by atoms with Crippen molar-refractivity contribution in [2.24, 2.45) is 0 Å². The number of halogens is 4. The molecule has 1 aliphatic rings. The largest absolute Gasteiger partial charge is 0.332 e. The molecule has 1 unspecified atom stereocenters. The molecule has 0 radical (unpaired) electrons. The Hall–Kier alpha value is -2.01. The van der Waals surface area contributed by atoms with Crippen LogP contribution in [0.1, 0.15) is 34.8 Å². The molecule has 2 aromatic rings. The zero-order chi connectivity index (χ0) is 16.6. The van der Waals surface area contributed by atoms with Crippen molar-refractivity contribution in [2.45, 2.75) is 18.9 Å². The van der Waals surface area contributed by atoms with Crippen molar-refractivity contribution in [3.8, 4) is 0 Å². The molecule has 0 aliphatic carbocycles. The quantitative estimate of drug-likeness (QED) is 0.724. The first-order valence-corrected chi connectivity index (χ1v) is 7.56. The molecule has 0 N–H and O–H groups in total. The third-order valence-electron chi connectivity index (χ3n) is 3.99. The molecule has 3 rings (SSSR count). The highest BCUT2D eigenvalue weighted by Gasteiger charge is 2.32. The second-order valence-corrected chi connectivity index (χ2v) is 5.86. The predicted octanol–water partition coefficient (Wildman–Crippen LogP) is 4.73. The van der Waals surface area contributed by atoms with Gasteiger partial charge in [0.15, 0.2) is 11.6 Å². The molecule has 1 aliphatic heterocycles. The van der Waals surface area contributed by atoms with E-state index in [1.807, 2.05) is 0 Å². The summed E-state index contributed by atoms with van der Waals surface area (Å²) in [5.74, 6) is -3.10. The summed E-state index contributed by atoms with van der Waals surface area (Å²) in [7, 11) is 0. The predicted molar refractivity (Wildman–Crippen MR) is 80.8 cm³/mol. The van der Waals surface area contributed by atoms with Gasteiger partial charge in [-0.2, -0.15) is 0 Å². The Morgan fingerprint density at radius 2 is 1.87 bits per heavy atom. The lowest BCUT2D eigenvalue weighted by molar-refractivity contribution is 0.0735. The summed E-state index contributed by atoms with van der Waals surface area (Å²) < 4.78 is 40.0. The van der Waals surface area contributed by atoms with Crippen molar-refractivity contribution in [2.75, 3.05) is 6.54 Å². The van der Waals surface area contributed by atoms with Gasteiger partial charge in [-0.1, -0.05) is 23.7 Å². The molecule has 0 aromatic heterocycles. The van der Waals surface area contributed by atoms with E-state index in [0.717, 1.165) is 18.6 Å². The van der Waals surface area contributed by atoms with Crippen molar-refractivity contribution in [3.05, 3.63) is 70.0 Å². The van der Waals surface area contributed by atoms with Gasteiger partial charge in [0.1, 0.15) is 5.82 Å². The number of carbonyl (C=O) groups excluding carboxylic acids is 1. The molecule has 1 saturated heterocycles. The maximum atomic E-state index is 13.4. The topological polar surface area (TPSA) is 20.3 Å². The third kappa shape index (κ3) is 3.06. The van der Waals surface area contributed by atoms with Gasteiger partial charge in [-0.15, -0.1) is 0 Å². The van der Waals surface area contributed by atoms with Crippen LogP contribution in [0.2, 0.25) is 5.02 Å². The lowest BCUT2D eigenvalue weighted by Crippen LogP contribution is -2.31. The molecule has 2 aromatic carbocycles. The minimum Gasteiger partial charge on any atom is -0.332 e. The Morgan fingerprint density at radius 3 is 2.61 bits per heavy atom. The molecule has 23 heavy (non-hydrogen) atoms. The number of likely N-dealkylation sites (tertiary alicyclic amines) is 1. The van der Waals surface area contributed by atoms with Gasteiger partial charge in [-0.05, 0) is 42.7 Å². The van der Waals surface area contributed by atoms with Gasteiger partial charge in [0.05, 0.1) is 16.6 Å². The second kappa shape index (κ2) is 6.24. The van der Waals surface area contributed by atoms with E-state index in [-0.39, 0.29) is 22.4 Å². The number of benzene rings is 2. The van der Waals surface area contributed by atoms with Crippen LogP contribution in [0.15, 0.2) is 36.4 Å². The molecule has 0 bridgehead atoms. The molecule has 1 amide bonds. The fraction of sp³-hybridized carbons (Fsp3) is 0.235. The van der Waals surface area contributed by atoms with E-state index in [0.29, 0.717) is 18.5 Å². The van der Waals surface area contributed by atoms with Crippen LogP contribution in [0, 0.1) is 17.5 Å². The minimum atomic E-state index is -1.13. The van der Waals surface area contributed by atoms with Crippen LogP contribution in [0.5, 0.6) is 0 Å². The minimum absolute atomic E-state index is 0.0890. The highest BCUT2D eigenvalue weighted by molar-refractivity contribution is 6.33. The van der Waals surface area contributed by atoms with Crippen LogP contribution < -0.4 is 0 Å². The first-order chi connectivity index (χ1) is 11.0. The second-order valence-electron chi connectivity index (χ2n) is 5.46. The number of hydrogen-bond acceptors (Lipinski definition) is 1. The first-order valence-electron chi connectivity index (χ1n) is 7.18. The lowest BCUT2D eigenvalue weighted by atomic mass is 10.0. The van der Waals surface area contributed by atoms with Crippen molar-refractivity contribution in [1.82, 2.24) is 4.90 Å². The first kappa shape index (κ1) is 15.9. The third-order valence-corrected chi connectivity index (χ3v) is 4.30. The average Bonchev–Trinajstić information content (AvgIpc) is 3.00. The summed E-state index contributed by atoms with van der Waals surface area (Å²) >= 11 is 5.88. The summed E-state index contributed by atoms with van der Waals surface area (Å²) in [5, 5.41) is -0.140. The van der Waals surface area contributed by atoms with E-state index in [1.54, 1.807) is 12.1 Å². The van der Waals surface area contributed by atoms with Crippen molar-refractivity contribution in [3.63, 3.8) is 0 Å². The number of rotatable bonds is 2. The molecule has 2 nitrogen and oxygen atoms in total. The molecular formula is C17H13ClF3NO. The number of carbonyl (C=O) groups is 1. The van der Waals surface area contributed by atoms with E-state index in [9.17, 15) is 18.0 Å². The molecule has 6 heteroatoms. The highest BCUT2D eigenvalue weighted by Crippen LogP contribution is 2.34. The van der Waals surface area contributed by atoms with Crippen LogP contribution >= 0.6 is 11.6 Å². The van der Waals surface area contributed by atoms with Gasteiger partial charge >= 0.3 is 0 Å². The summed E-state index contributed by atoms with van der Waals surface area (Å²) in [4.78, 5) is 14.2. The maximum absolute atomic E-state index is 13.4. The van der Waals surface area contributed by atoms with Crippen LogP contribution in [-0.4, -0.2) is 17.4 Å². The fourth-order valence-electron chi connectivity index (χ4n) is 2.91. The smallest absolute Gasteiger partial charge is 0.255 e. The number of amides is 1. The Balaban J connectivity index is 1.94. The van der Waals surface area contributed by atoms with Gasteiger partial charge in [0, 0.05) is 6.54 Å². The van der Waals surface area contributed by atoms with Crippen LogP contribution in [0.25, 0.3) is 0 Å². The molecule has 120 valence electrons. The maximum Gasteiger partial charge on any atom is 0.255 e. The standard InChI is InChI=1S/C17H13ClF3NO/c18-13-9-15(21)14(20)8-12(13)17(23)22-6-2-5-16(22)10-3-1-4-11(19)7-10/h1,3-4,7-9,16H,2,5-6H2. The summed E-state index contributed by atoms with van der Waals surface area (Å²) in [6.07, 6.45) is 1.42. The number of hydrogen-bond donors (Lipinski definition) is 0. The van der Waals surface area contributed by atoms with Crippen LogP contribution in [-0.2, 0) is 0 Å². The zero-order valence-corrected chi connectivity index (χ0v) is 12.8. The molecule has 0 saturated carbocycles. The van der Waals surface area contributed by atoms with Gasteiger partial charge in [-0.3, -0.25) is 4.79 Å². The molecular weight excluding hydrogens is 327 g/mol. The van der Waals surface area contributed by atoms with E-state index in [2.05, 4.69) is 0 Å². The zero-order valence-electron chi connectivity index (χ0n) is 12.0. The number of nitrogens with zero attached hydrogens (tertiary/aromatic N) is 1. The average molecular weight is 340 g/mol. The molecule has 1 atom stereocenters. The lowest BCUT2D eigenvalue weighted by Gasteiger charge is -2.25. The van der Waals surface area contributed by atoms with Gasteiger partial charge in [-0.25, -0.2) is 13.2 Å². The molecule has 1 heterocycles. The Labute approximate surface area is 136 Å². The molecule has 0 spiro atoms. The van der Waals surface area contributed by atoms with Crippen LogP contribution in [0.3, 0.4) is 0 Å². The van der Waals surface area contributed by atoms with Crippen molar-refractivity contribution < 1.29 is 18.0 Å². The fourth-order valence-corrected chi connectivity index (χ4v) is 3.14. The van der Waals surface area contributed by atoms with Crippen LogP contribution in [0.4, 0.5) is 13.2 Å². The van der Waals surface area contributed by atoms with Crippen molar-refractivity contribution in [1.29, 1.82) is 0 Å². The highest BCUT2D eigenvalue weighted by atomic mass is 35.5.